The third-order valence-corrected chi connectivity index (χ3v) is 13.6. The van der Waals surface area contributed by atoms with Crippen molar-refractivity contribution in [2.75, 3.05) is 61.2 Å². The predicted molar refractivity (Wildman–Crippen MR) is 281 cm³/mol. The molecule has 4 aromatic rings. The van der Waals surface area contributed by atoms with Crippen LogP contribution in [0.1, 0.15) is 127 Å². The number of nitrogens with zero attached hydrogens (tertiary/aromatic N) is 2. The van der Waals surface area contributed by atoms with Crippen LogP contribution in [0.15, 0.2) is 97.1 Å². The van der Waals surface area contributed by atoms with Crippen LogP contribution in [-0.2, 0) is 47.6 Å². The molecule has 3 fully saturated rings. The average Bonchev–Trinajstić information content (AvgIpc) is 4.02. The second-order valence-electron chi connectivity index (χ2n) is 19.7. The van der Waals surface area contributed by atoms with Crippen molar-refractivity contribution < 1.29 is 62.3 Å². The highest BCUT2D eigenvalue weighted by Gasteiger charge is 2.48. The molecule has 3 saturated heterocycles. The molecule has 5 atom stereocenters. The number of likely N-dealkylation sites (N-methyl/N-ethyl adjacent to an activating group) is 4. The number of nitrogens with one attached hydrogen (secondary N) is 2. The van der Waals surface area contributed by atoms with Gasteiger partial charge in [-0.25, -0.2) is 0 Å². The van der Waals surface area contributed by atoms with Crippen LogP contribution in [-0.4, -0.2) is 140 Å². The van der Waals surface area contributed by atoms with Crippen LogP contribution in [0.3, 0.4) is 0 Å². The number of amides is 4. The molecule has 0 bridgehead atoms. The van der Waals surface area contributed by atoms with Gasteiger partial charge in [-0.1, -0.05) is 47.9 Å². The van der Waals surface area contributed by atoms with Crippen molar-refractivity contribution in [3.63, 3.8) is 0 Å². The van der Waals surface area contributed by atoms with Gasteiger partial charge in [0.2, 0.25) is 0 Å². The number of carbonyl (C=O) groups is 6. The zero-order valence-corrected chi connectivity index (χ0v) is 44.9. The van der Waals surface area contributed by atoms with Crippen LogP contribution < -0.4 is 10.6 Å². The number of hydrogen-bond acceptors (Lipinski definition) is 13. The Balaban J connectivity index is 0.000000250. The molecule has 7 rings (SSSR count). The fraction of sp³-hybridized carbons (Fsp3) is 0.424. The fourth-order valence-corrected chi connectivity index (χ4v) is 8.46. The zero-order valence-electron chi connectivity index (χ0n) is 44.9. The highest BCUT2D eigenvalue weighted by atomic mass is 16.7. The van der Waals surface area contributed by atoms with E-state index in [-0.39, 0.29) is 24.4 Å². The van der Waals surface area contributed by atoms with Crippen molar-refractivity contribution in [1.29, 1.82) is 0 Å². The second-order valence-corrected chi connectivity index (χ2v) is 19.7. The lowest BCUT2D eigenvalue weighted by Crippen LogP contribution is -2.62. The van der Waals surface area contributed by atoms with Crippen LogP contribution in [0, 0.1) is 23.7 Å². The molecule has 3 N–H and O–H groups in total. The third-order valence-electron chi connectivity index (χ3n) is 13.6. The average molecular weight is 1040 g/mol. The molecule has 1 unspecified atom stereocenters. The molecular formula is C59H68N4O13. The summed E-state index contributed by atoms with van der Waals surface area (Å²) in [5, 5.41) is 14.2. The summed E-state index contributed by atoms with van der Waals surface area (Å²) in [4.78, 5) is 79.2. The molecular weight excluding hydrogens is 973 g/mol. The maximum Gasteiger partial charge on any atom is 0.254 e. The first-order valence-electron chi connectivity index (χ1n) is 25.0. The number of Topliss-reactive ketones (excluding diaryl/α,β-unsaturated/α-hetero) is 2. The quantitative estimate of drug-likeness (QED) is 0.103. The summed E-state index contributed by atoms with van der Waals surface area (Å²) >= 11 is 0. The normalized spacial score (nSPS) is 19.8. The number of ether oxygens (including phenoxy) is 6. The Morgan fingerprint density at radius 2 is 0.974 bits per heavy atom. The Labute approximate surface area is 444 Å². The molecule has 0 aliphatic carbocycles. The second kappa shape index (κ2) is 25.2. The van der Waals surface area contributed by atoms with Gasteiger partial charge in [0.05, 0.1) is 13.2 Å². The lowest BCUT2D eigenvalue weighted by molar-refractivity contribution is -0.174. The molecule has 0 radical (unpaired) electrons. The SMILES string of the molecule is CNC(=O)[C@@](C)(C(=O)CO)N(C)C(=O)c1ccc(C#Cc2ccc([C@H]3COC(C)(C)O3)cc2)cc1.CNC(=O)[C@@](C)(C(=O)COC1CCCCO1)N(C)C(=O)c1ccc(C#Cc2ccc([C@H]3COC(C)(C)O3)cc2)cc1. The first-order chi connectivity index (χ1) is 36.0. The molecule has 76 heavy (non-hydrogen) atoms. The molecule has 3 aliphatic heterocycles. The Kier molecular flexibility index (Phi) is 19.3. The molecule has 4 amide bonds. The van der Waals surface area contributed by atoms with Gasteiger partial charge in [-0.2, -0.15) is 0 Å². The van der Waals surface area contributed by atoms with Crippen molar-refractivity contribution in [3.8, 4) is 23.7 Å². The zero-order chi connectivity index (χ0) is 55.4. The van der Waals surface area contributed by atoms with Crippen molar-refractivity contribution in [3.05, 3.63) is 142 Å². The number of hydrogen-bond donors (Lipinski definition) is 3. The molecule has 402 valence electrons. The van der Waals surface area contributed by atoms with E-state index < -0.39 is 70.7 Å². The largest absolute Gasteiger partial charge is 0.388 e. The summed E-state index contributed by atoms with van der Waals surface area (Å²) < 4.78 is 34.2. The number of ketones is 2. The van der Waals surface area contributed by atoms with Crippen molar-refractivity contribution in [1.82, 2.24) is 20.4 Å². The summed E-state index contributed by atoms with van der Waals surface area (Å²) in [7, 11) is 5.58. The van der Waals surface area contributed by atoms with E-state index in [9.17, 15) is 33.9 Å². The Morgan fingerprint density at radius 1 is 0.605 bits per heavy atom. The fourth-order valence-electron chi connectivity index (χ4n) is 8.46. The summed E-state index contributed by atoms with van der Waals surface area (Å²) in [5.74, 6) is 7.61. The predicted octanol–water partition coefficient (Wildman–Crippen LogP) is 5.65. The van der Waals surface area contributed by atoms with Crippen molar-refractivity contribution in [2.45, 2.75) is 102 Å². The molecule has 4 aromatic carbocycles. The summed E-state index contributed by atoms with van der Waals surface area (Å²) in [6.45, 7) is 10.7. The molecule has 0 aromatic heterocycles. The highest BCUT2D eigenvalue weighted by Crippen LogP contribution is 2.34. The lowest BCUT2D eigenvalue weighted by atomic mass is 9.92. The van der Waals surface area contributed by atoms with E-state index in [2.05, 4.69) is 34.3 Å². The Hall–Kier alpha value is -7.06. The number of benzene rings is 4. The van der Waals surface area contributed by atoms with Crippen molar-refractivity contribution >= 4 is 35.2 Å². The molecule has 3 heterocycles. The number of rotatable bonds is 14. The van der Waals surface area contributed by atoms with E-state index in [0.29, 0.717) is 42.9 Å². The van der Waals surface area contributed by atoms with Gasteiger partial charge >= 0.3 is 0 Å². The summed E-state index contributed by atoms with van der Waals surface area (Å²) in [6.07, 6.45) is 1.88. The van der Waals surface area contributed by atoms with Crippen molar-refractivity contribution in [2.24, 2.45) is 0 Å². The maximum absolute atomic E-state index is 13.4. The van der Waals surface area contributed by atoms with Gasteiger partial charge in [-0.15, -0.1) is 0 Å². The summed E-state index contributed by atoms with van der Waals surface area (Å²) in [5.41, 5.74) is 2.14. The van der Waals surface area contributed by atoms with Gasteiger partial charge in [0.15, 0.2) is 40.5 Å². The van der Waals surface area contributed by atoms with Crippen LogP contribution in [0.5, 0.6) is 0 Å². The minimum atomic E-state index is -1.84. The van der Waals surface area contributed by atoms with Gasteiger partial charge in [-0.3, -0.25) is 28.8 Å². The molecule has 3 aliphatic rings. The van der Waals surface area contributed by atoms with E-state index in [1.54, 1.807) is 48.5 Å². The van der Waals surface area contributed by atoms with E-state index in [0.717, 1.165) is 44.9 Å². The van der Waals surface area contributed by atoms with Crippen LogP contribution in [0.2, 0.25) is 0 Å². The minimum Gasteiger partial charge on any atom is -0.388 e. The number of aliphatic hydroxyl groups excluding tert-OH is 1. The Bertz CT molecular complexity index is 2840. The first kappa shape index (κ1) is 58.2. The van der Waals surface area contributed by atoms with E-state index in [1.807, 2.05) is 76.2 Å². The van der Waals surface area contributed by atoms with E-state index in [1.165, 1.54) is 42.0 Å². The maximum atomic E-state index is 13.4. The van der Waals surface area contributed by atoms with Gasteiger partial charge in [0, 0.05) is 68.2 Å². The standard InChI is InChI=1S/C32H38N2O7.C27H30N2O6/c1-31(2)40-20-26(41-31)24-15-11-22(12-16-24)9-10-23-13-17-25(18-14-23)29(36)34(5)32(3,30(37)33-4)27(35)21-39-28-8-6-7-19-38-28;1-26(2)34-17-22(35-26)20-12-8-18(9-13-20)6-7-19-10-14-21(15-11-19)24(32)29(5)27(3,23(31)16-30)25(33)28-4/h11-18,26,28H,6-8,19-21H2,1-5H3,(H,33,37);8-15,22,30H,16-17H2,1-5H3,(H,28,33)/t26-,28?,32-;22-,27-/m11/s1. The van der Waals surface area contributed by atoms with Gasteiger partial charge in [0.1, 0.15) is 25.4 Å². The lowest BCUT2D eigenvalue weighted by Gasteiger charge is -2.36. The van der Waals surface area contributed by atoms with E-state index >= 15 is 0 Å². The molecule has 17 heteroatoms. The first-order valence-corrected chi connectivity index (χ1v) is 25.0. The number of aliphatic hydroxyl groups is 1. The van der Waals surface area contributed by atoms with Gasteiger partial charge < -0.3 is 54.0 Å². The number of carbonyl (C=O) groups excluding carboxylic acids is 6. The van der Waals surface area contributed by atoms with Crippen LogP contribution in [0.25, 0.3) is 0 Å². The highest BCUT2D eigenvalue weighted by molar-refractivity contribution is 6.15. The Morgan fingerprint density at radius 3 is 1.29 bits per heavy atom. The van der Waals surface area contributed by atoms with E-state index in [4.69, 9.17) is 28.4 Å². The molecule has 0 saturated carbocycles. The smallest absolute Gasteiger partial charge is 0.254 e. The monoisotopic (exact) mass is 1040 g/mol. The topological polar surface area (TPSA) is 209 Å². The third kappa shape index (κ3) is 14.0. The molecule has 17 nitrogen and oxygen atoms in total. The molecule has 0 spiro atoms. The van der Waals surface area contributed by atoms with Crippen LogP contribution in [0.4, 0.5) is 0 Å². The van der Waals surface area contributed by atoms with Crippen LogP contribution >= 0.6 is 0 Å². The minimum absolute atomic E-state index is 0.103. The summed E-state index contributed by atoms with van der Waals surface area (Å²) in [6, 6.07) is 28.9. The van der Waals surface area contributed by atoms with Gasteiger partial charge in [0.25, 0.3) is 23.6 Å². The van der Waals surface area contributed by atoms with Gasteiger partial charge in [-0.05, 0) is 145 Å².